The van der Waals surface area contributed by atoms with Crippen LogP contribution in [0.5, 0.6) is 0 Å². The van der Waals surface area contributed by atoms with Crippen molar-refractivity contribution in [3.63, 3.8) is 0 Å². The topological polar surface area (TPSA) is 50.4 Å². The lowest BCUT2D eigenvalue weighted by Crippen LogP contribution is -2.52. The molecule has 2 fully saturated rings. The third kappa shape index (κ3) is 3.07. The molecule has 1 aromatic rings. The molecule has 0 unspecified atom stereocenters. The van der Waals surface area contributed by atoms with Crippen molar-refractivity contribution < 1.29 is 9.53 Å². The molecule has 2 saturated heterocycles. The van der Waals surface area contributed by atoms with Crippen molar-refractivity contribution in [2.45, 2.75) is 50.4 Å². The van der Waals surface area contributed by atoms with E-state index < -0.39 is 0 Å². The van der Waals surface area contributed by atoms with Gasteiger partial charge in [-0.25, -0.2) is 4.79 Å². The van der Waals surface area contributed by atoms with Gasteiger partial charge in [0.05, 0.1) is 0 Å². The Kier molecular flexibility index (Phi) is 3.69. The summed E-state index contributed by atoms with van der Waals surface area (Å²) < 4.78 is 5.26. The van der Waals surface area contributed by atoms with Crippen LogP contribution < -0.4 is 10.6 Å². The third-order valence-electron chi connectivity index (χ3n) is 4.10. The minimum absolute atomic E-state index is 0.224. The van der Waals surface area contributed by atoms with Crippen LogP contribution in [0.3, 0.4) is 0 Å². The summed E-state index contributed by atoms with van der Waals surface area (Å²) in [4.78, 5) is 11.8. The summed E-state index contributed by atoms with van der Waals surface area (Å²) >= 11 is 0. The Labute approximate surface area is 113 Å². The zero-order valence-corrected chi connectivity index (χ0v) is 11.0. The van der Waals surface area contributed by atoms with Crippen LogP contribution in [0.25, 0.3) is 0 Å². The Balaban J connectivity index is 1.46. The van der Waals surface area contributed by atoms with Crippen LogP contribution in [0.2, 0.25) is 0 Å². The Morgan fingerprint density at radius 2 is 2.00 bits per heavy atom. The average Bonchev–Trinajstić information content (AvgIpc) is 2.84. The van der Waals surface area contributed by atoms with Gasteiger partial charge in [0.2, 0.25) is 0 Å². The molecule has 0 aliphatic carbocycles. The normalized spacial score (nSPS) is 28.9. The highest BCUT2D eigenvalue weighted by molar-refractivity contribution is 5.67. The maximum absolute atomic E-state index is 11.8. The number of ether oxygens (including phenoxy) is 1. The van der Waals surface area contributed by atoms with Gasteiger partial charge in [0.25, 0.3) is 0 Å². The molecule has 2 bridgehead atoms. The summed E-state index contributed by atoms with van der Waals surface area (Å²) in [6.07, 6.45) is 4.31. The lowest BCUT2D eigenvalue weighted by atomic mass is 10.0. The number of hydrogen-bond donors (Lipinski definition) is 2. The van der Waals surface area contributed by atoms with Gasteiger partial charge in [-0.2, -0.15) is 0 Å². The van der Waals surface area contributed by atoms with Crippen LogP contribution in [-0.2, 0) is 11.3 Å². The number of fused-ring (bicyclic) bond motifs is 2. The summed E-state index contributed by atoms with van der Waals surface area (Å²) in [5.41, 5.74) is 1.01. The van der Waals surface area contributed by atoms with Gasteiger partial charge >= 0.3 is 6.09 Å². The second-order valence-corrected chi connectivity index (χ2v) is 5.44. The number of rotatable bonds is 3. The number of hydrogen-bond acceptors (Lipinski definition) is 3. The largest absolute Gasteiger partial charge is 0.445 e. The fourth-order valence-electron chi connectivity index (χ4n) is 3.07. The minimum Gasteiger partial charge on any atom is -0.445 e. The SMILES string of the molecule is O=C(N[C@@H]1CC[C@H]2CC[C@H]1N2)OCc1ccccc1. The van der Waals surface area contributed by atoms with E-state index in [1.807, 2.05) is 30.3 Å². The van der Waals surface area contributed by atoms with Gasteiger partial charge < -0.3 is 15.4 Å². The van der Waals surface area contributed by atoms with Gasteiger partial charge in [-0.15, -0.1) is 0 Å². The maximum atomic E-state index is 11.8. The molecule has 4 heteroatoms. The lowest BCUT2D eigenvalue weighted by Gasteiger charge is -2.30. The highest BCUT2D eigenvalue weighted by atomic mass is 16.5. The number of piperidine rings is 1. The number of amides is 1. The number of carbonyl (C=O) groups is 1. The Bertz CT molecular complexity index is 435. The molecule has 0 radical (unpaired) electrons. The van der Waals surface area contributed by atoms with Crippen LogP contribution in [0.15, 0.2) is 30.3 Å². The smallest absolute Gasteiger partial charge is 0.407 e. The molecule has 0 saturated carbocycles. The van der Waals surface area contributed by atoms with E-state index in [1.165, 1.54) is 6.42 Å². The quantitative estimate of drug-likeness (QED) is 0.876. The third-order valence-corrected chi connectivity index (χ3v) is 4.10. The molecule has 1 amide bonds. The molecule has 4 nitrogen and oxygen atoms in total. The second kappa shape index (κ2) is 5.61. The van der Waals surface area contributed by atoms with Gasteiger partial charge in [0.15, 0.2) is 0 Å². The van der Waals surface area contributed by atoms with E-state index in [-0.39, 0.29) is 12.1 Å². The van der Waals surface area contributed by atoms with Crippen molar-refractivity contribution in [3.05, 3.63) is 35.9 Å². The lowest BCUT2D eigenvalue weighted by molar-refractivity contribution is 0.130. The first kappa shape index (κ1) is 12.5. The summed E-state index contributed by atoms with van der Waals surface area (Å²) in [6, 6.07) is 11.1. The number of nitrogens with one attached hydrogen (secondary N) is 2. The van der Waals surface area contributed by atoms with Crippen LogP contribution in [0.4, 0.5) is 4.79 Å². The zero-order chi connectivity index (χ0) is 13.1. The summed E-state index contributed by atoms with van der Waals surface area (Å²) in [7, 11) is 0. The summed E-state index contributed by atoms with van der Waals surface area (Å²) in [5.74, 6) is 0. The average molecular weight is 260 g/mol. The molecule has 2 aliphatic heterocycles. The molecule has 3 atom stereocenters. The van der Waals surface area contributed by atoms with E-state index in [1.54, 1.807) is 0 Å². The molecule has 0 spiro atoms. The van der Waals surface area contributed by atoms with E-state index in [0.29, 0.717) is 18.7 Å². The molecule has 2 N–H and O–H groups in total. The number of carbonyl (C=O) groups excluding carboxylic acids is 1. The summed E-state index contributed by atoms with van der Waals surface area (Å²) in [6.45, 7) is 0.333. The minimum atomic E-state index is -0.305. The molecule has 2 heterocycles. The van der Waals surface area contributed by atoms with Gasteiger partial charge in [-0.05, 0) is 31.2 Å². The maximum Gasteiger partial charge on any atom is 0.407 e. The van der Waals surface area contributed by atoms with E-state index in [4.69, 9.17) is 4.74 Å². The fraction of sp³-hybridized carbons (Fsp3) is 0.533. The zero-order valence-electron chi connectivity index (χ0n) is 11.0. The molecule has 3 rings (SSSR count). The molecular formula is C15H20N2O2. The Hall–Kier alpha value is -1.55. The van der Waals surface area contributed by atoms with Gasteiger partial charge in [0.1, 0.15) is 6.61 Å². The van der Waals surface area contributed by atoms with Crippen molar-refractivity contribution in [1.29, 1.82) is 0 Å². The fourth-order valence-corrected chi connectivity index (χ4v) is 3.07. The van der Waals surface area contributed by atoms with Gasteiger partial charge in [0, 0.05) is 18.1 Å². The first-order valence-corrected chi connectivity index (χ1v) is 7.04. The van der Waals surface area contributed by atoms with E-state index in [2.05, 4.69) is 10.6 Å². The Morgan fingerprint density at radius 3 is 2.84 bits per heavy atom. The molecular weight excluding hydrogens is 240 g/mol. The van der Waals surface area contributed by atoms with Crippen molar-refractivity contribution >= 4 is 6.09 Å². The number of alkyl carbamates (subject to hydrolysis) is 1. The van der Waals surface area contributed by atoms with Crippen LogP contribution in [0.1, 0.15) is 31.2 Å². The molecule has 2 aliphatic rings. The van der Waals surface area contributed by atoms with Crippen molar-refractivity contribution in [2.75, 3.05) is 0 Å². The Morgan fingerprint density at radius 1 is 1.21 bits per heavy atom. The highest BCUT2D eigenvalue weighted by Crippen LogP contribution is 2.26. The van der Waals surface area contributed by atoms with Crippen molar-refractivity contribution in [3.8, 4) is 0 Å². The standard InChI is InChI=1S/C15H20N2O2/c18-15(19-10-11-4-2-1-3-5-11)17-14-9-7-12-6-8-13(14)16-12/h1-5,12-14,16H,6-10H2,(H,17,18)/t12-,13-,14-/m1/s1. The van der Waals surface area contributed by atoms with E-state index in [9.17, 15) is 4.79 Å². The van der Waals surface area contributed by atoms with Crippen LogP contribution in [0, 0.1) is 0 Å². The van der Waals surface area contributed by atoms with Gasteiger partial charge in [-0.3, -0.25) is 0 Å². The molecule has 1 aromatic carbocycles. The predicted octanol–water partition coefficient (Wildman–Crippen LogP) is 2.20. The summed E-state index contributed by atoms with van der Waals surface area (Å²) in [5, 5.41) is 6.54. The molecule has 102 valence electrons. The monoisotopic (exact) mass is 260 g/mol. The van der Waals surface area contributed by atoms with Crippen molar-refractivity contribution in [1.82, 2.24) is 10.6 Å². The first-order valence-electron chi connectivity index (χ1n) is 7.04. The van der Waals surface area contributed by atoms with Crippen LogP contribution in [-0.4, -0.2) is 24.2 Å². The van der Waals surface area contributed by atoms with E-state index >= 15 is 0 Å². The number of benzene rings is 1. The molecule has 0 aromatic heterocycles. The second-order valence-electron chi connectivity index (χ2n) is 5.44. The first-order chi connectivity index (χ1) is 9.31. The predicted molar refractivity (Wildman–Crippen MR) is 72.7 cm³/mol. The van der Waals surface area contributed by atoms with Gasteiger partial charge in [-0.1, -0.05) is 30.3 Å². The van der Waals surface area contributed by atoms with E-state index in [0.717, 1.165) is 24.8 Å². The highest BCUT2D eigenvalue weighted by Gasteiger charge is 2.35. The van der Waals surface area contributed by atoms with Crippen molar-refractivity contribution in [2.24, 2.45) is 0 Å². The van der Waals surface area contributed by atoms with Crippen LogP contribution >= 0.6 is 0 Å². The molecule has 19 heavy (non-hydrogen) atoms.